The minimum absolute atomic E-state index is 0.347. The fourth-order valence-corrected chi connectivity index (χ4v) is 2.58. The summed E-state index contributed by atoms with van der Waals surface area (Å²) in [5.74, 6) is 0.790. The number of nitrogens with zero attached hydrogens (tertiary/aromatic N) is 2. The SMILES string of the molecule is CC(NCC1CCN(C(C)C)C1)c1ccccn1. The molecule has 1 aliphatic heterocycles. The molecule has 0 spiro atoms. The summed E-state index contributed by atoms with van der Waals surface area (Å²) in [4.78, 5) is 6.96. The number of aromatic nitrogens is 1. The molecular weight excluding hydrogens is 222 g/mol. The van der Waals surface area contributed by atoms with Gasteiger partial charge in [0.25, 0.3) is 0 Å². The molecule has 100 valence electrons. The summed E-state index contributed by atoms with van der Waals surface area (Å²) in [7, 11) is 0. The maximum Gasteiger partial charge on any atom is 0.0570 e. The van der Waals surface area contributed by atoms with E-state index in [9.17, 15) is 0 Å². The molecule has 2 rings (SSSR count). The Hall–Kier alpha value is -0.930. The van der Waals surface area contributed by atoms with E-state index in [0.29, 0.717) is 12.1 Å². The Balaban J connectivity index is 1.76. The van der Waals surface area contributed by atoms with Crippen molar-refractivity contribution >= 4 is 0 Å². The van der Waals surface area contributed by atoms with E-state index in [4.69, 9.17) is 0 Å². The molecule has 0 amide bonds. The van der Waals surface area contributed by atoms with Crippen LogP contribution in [0.1, 0.15) is 38.9 Å². The van der Waals surface area contributed by atoms with Crippen LogP contribution in [0.3, 0.4) is 0 Å². The van der Waals surface area contributed by atoms with E-state index in [1.165, 1.54) is 19.5 Å². The molecule has 2 unspecified atom stereocenters. The molecule has 1 aromatic rings. The van der Waals surface area contributed by atoms with E-state index < -0.39 is 0 Å². The molecule has 3 heteroatoms. The molecule has 18 heavy (non-hydrogen) atoms. The van der Waals surface area contributed by atoms with Gasteiger partial charge in [0.15, 0.2) is 0 Å². The van der Waals surface area contributed by atoms with Crippen LogP contribution in [0.5, 0.6) is 0 Å². The third kappa shape index (κ3) is 3.53. The van der Waals surface area contributed by atoms with Crippen molar-refractivity contribution in [3.8, 4) is 0 Å². The van der Waals surface area contributed by atoms with E-state index in [2.05, 4.69) is 48.1 Å². The molecule has 1 aromatic heterocycles. The van der Waals surface area contributed by atoms with Gasteiger partial charge in [-0.1, -0.05) is 6.07 Å². The lowest BCUT2D eigenvalue weighted by Gasteiger charge is -2.21. The largest absolute Gasteiger partial charge is 0.309 e. The Labute approximate surface area is 111 Å². The van der Waals surface area contributed by atoms with E-state index >= 15 is 0 Å². The van der Waals surface area contributed by atoms with E-state index in [0.717, 1.165) is 18.2 Å². The highest BCUT2D eigenvalue weighted by Crippen LogP contribution is 2.18. The van der Waals surface area contributed by atoms with Gasteiger partial charge in [-0.3, -0.25) is 4.98 Å². The Kier molecular flexibility index (Phi) is 4.72. The van der Waals surface area contributed by atoms with Crippen molar-refractivity contribution < 1.29 is 0 Å². The number of hydrogen-bond acceptors (Lipinski definition) is 3. The number of likely N-dealkylation sites (tertiary alicyclic amines) is 1. The Morgan fingerprint density at radius 1 is 1.39 bits per heavy atom. The third-order valence-electron chi connectivity index (χ3n) is 3.89. The van der Waals surface area contributed by atoms with Gasteiger partial charge in [-0.25, -0.2) is 0 Å². The molecule has 0 aromatic carbocycles. The number of pyridine rings is 1. The summed E-state index contributed by atoms with van der Waals surface area (Å²) < 4.78 is 0. The van der Waals surface area contributed by atoms with Gasteiger partial charge in [0.05, 0.1) is 5.69 Å². The van der Waals surface area contributed by atoms with Crippen molar-refractivity contribution in [2.75, 3.05) is 19.6 Å². The smallest absolute Gasteiger partial charge is 0.0570 e. The molecule has 3 nitrogen and oxygen atoms in total. The predicted molar refractivity (Wildman–Crippen MR) is 75.5 cm³/mol. The summed E-state index contributed by atoms with van der Waals surface area (Å²) >= 11 is 0. The van der Waals surface area contributed by atoms with Crippen LogP contribution >= 0.6 is 0 Å². The third-order valence-corrected chi connectivity index (χ3v) is 3.89. The van der Waals surface area contributed by atoms with Crippen LogP contribution in [0.4, 0.5) is 0 Å². The maximum absolute atomic E-state index is 4.39. The summed E-state index contributed by atoms with van der Waals surface area (Å²) in [6, 6.07) is 7.14. The minimum atomic E-state index is 0.347. The highest BCUT2D eigenvalue weighted by Gasteiger charge is 2.24. The fourth-order valence-electron chi connectivity index (χ4n) is 2.58. The topological polar surface area (TPSA) is 28.2 Å². The molecule has 1 saturated heterocycles. The molecule has 1 aliphatic rings. The monoisotopic (exact) mass is 247 g/mol. The molecule has 2 heterocycles. The van der Waals surface area contributed by atoms with Crippen LogP contribution in [0, 0.1) is 5.92 Å². The zero-order chi connectivity index (χ0) is 13.0. The minimum Gasteiger partial charge on any atom is -0.309 e. The molecule has 0 radical (unpaired) electrons. The number of hydrogen-bond donors (Lipinski definition) is 1. The highest BCUT2D eigenvalue weighted by atomic mass is 15.2. The molecule has 1 fully saturated rings. The fraction of sp³-hybridized carbons (Fsp3) is 0.667. The van der Waals surface area contributed by atoms with Crippen molar-refractivity contribution in [3.05, 3.63) is 30.1 Å². The summed E-state index contributed by atoms with van der Waals surface area (Å²) in [6.45, 7) is 10.3. The van der Waals surface area contributed by atoms with Crippen LogP contribution in [-0.4, -0.2) is 35.6 Å². The quantitative estimate of drug-likeness (QED) is 0.866. The predicted octanol–water partition coefficient (Wildman–Crippen LogP) is 2.46. The molecule has 0 saturated carbocycles. The second kappa shape index (κ2) is 6.30. The average Bonchev–Trinajstić information content (AvgIpc) is 2.86. The van der Waals surface area contributed by atoms with Crippen LogP contribution in [0.2, 0.25) is 0 Å². The van der Waals surface area contributed by atoms with Gasteiger partial charge >= 0.3 is 0 Å². The second-order valence-electron chi connectivity index (χ2n) is 5.63. The molecular formula is C15H25N3. The van der Waals surface area contributed by atoms with Crippen molar-refractivity contribution in [1.29, 1.82) is 0 Å². The van der Waals surface area contributed by atoms with Gasteiger partial charge in [-0.15, -0.1) is 0 Å². The lowest BCUT2D eigenvalue weighted by atomic mass is 10.1. The van der Waals surface area contributed by atoms with Gasteiger partial charge in [0.1, 0.15) is 0 Å². The first-order valence-corrected chi connectivity index (χ1v) is 7.05. The summed E-state index contributed by atoms with van der Waals surface area (Å²) in [5, 5.41) is 3.61. The Morgan fingerprint density at radius 3 is 2.83 bits per heavy atom. The van der Waals surface area contributed by atoms with E-state index in [1.807, 2.05) is 12.3 Å². The second-order valence-corrected chi connectivity index (χ2v) is 5.63. The van der Waals surface area contributed by atoms with Gasteiger partial charge in [0, 0.05) is 24.8 Å². The first-order chi connectivity index (χ1) is 8.66. The van der Waals surface area contributed by atoms with Crippen molar-refractivity contribution in [3.63, 3.8) is 0 Å². The Morgan fingerprint density at radius 2 is 2.22 bits per heavy atom. The zero-order valence-corrected chi connectivity index (χ0v) is 11.8. The molecule has 0 aliphatic carbocycles. The average molecular weight is 247 g/mol. The molecule has 0 bridgehead atoms. The van der Waals surface area contributed by atoms with E-state index in [-0.39, 0.29) is 0 Å². The van der Waals surface area contributed by atoms with E-state index in [1.54, 1.807) is 0 Å². The van der Waals surface area contributed by atoms with Gasteiger partial charge < -0.3 is 10.2 Å². The van der Waals surface area contributed by atoms with Gasteiger partial charge in [-0.2, -0.15) is 0 Å². The maximum atomic E-state index is 4.39. The summed E-state index contributed by atoms with van der Waals surface area (Å²) in [6.07, 6.45) is 3.18. The first-order valence-electron chi connectivity index (χ1n) is 7.05. The van der Waals surface area contributed by atoms with Crippen molar-refractivity contribution in [1.82, 2.24) is 15.2 Å². The van der Waals surface area contributed by atoms with Crippen molar-refractivity contribution in [2.45, 2.75) is 39.3 Å². The first kappa shape index (κ1) is 13.5. The summed E-state index contributed by atoms with van der Waals surface area (Å²) in [5.41, 5.74) is 1.14. The number of rotatable bonds is 5. The lowest BCUT2D eigenvalue weighted by molar-refractivity contribution is 0.263. The van der Waals surface area contributed by atoms with Crippen molar-refractivity contribution in [2.24, 2.45) is 5.92 Å². The van der Waals surface area contributed by atoms with Crippen LogP contribution in [-0.2, 0) is 0 Å². The molecule has 2 atom stereocenters. The van der Waals surface area contributed by atoms with Crippen LogP contribution in [0.25, 0.3) is 0 Å². The zero-order valence-electron chi connectivity index (χ0n) is 11.8. The number of nitrogens with one attached hydrogen (secondary N) is 1. The molecule has 1 N–H and O–H groups in total. The van der Waals surface area contributed by atoms with Gasteiger partial charge in [0.2, 0.25) is 0 Å². The van der Waals surface area contributed by atoms with Crippen LogP contribution in [0.15, 0.2) is 24.4 Å². The van der Waals surface area contributed by atoms with Crippen LogP contribution < -0.4 is 5.32 Å². The normalized spacial score (nSPS) is 22.6. The van der Waals surface area contributed by atoms with Gasteiger partial charge in [-0.05, 0) is 58.3 Å². The lowest BCUT2D eigenvalue weighted by Crippen LogP contribution is -2.31. The Bertz CT molecular complexity index is 350. The highest BCUT2D eigenvalue weighted by molar-refractivity contribution is 5.07. The standard InChI is InChI=1S/C15H25N3/c1-12(2)18-9-7-14(11-18)10-17-13(3)15-6-4-5-8-16-15/h4-6,8,12-14,17H,7,9-11H2,1-3H3.